The number of aromatic nitrogens is 1. The minimum absolute atomic E-state index is 0.306. The lowest BCUT2D eigenvalue weighted by Crippen LogP contribution is -2.24. The minimum atomic E-state index is 0.306. The third kappa shape index (κ3) is 5.15. The summed E-state index contributed by atoms with van der Waals surface area (Å²) in [6.45, 7) is 0. The first-order valence-electron chi connectivity index (χ1n) is 18.4. The zero-order valence-corrected chi connectivity index (χ0v) is 28.6. The molecule has 10 rings (SSSR count). The molecule has 1 heterocycles. The Kier molecular flexibility index (Phi) is 7.31. The van der Waals surface area contributed by atoms with E-state index in [1.54, 1.807) is 5.57 Å². The van der Waals surface area contributed by atoms with E-state index in [1.807, 2.05) is 0 Å². The molecule has 0 amide bonds. The van der Waals surface area contributed by atoms with E-state index in [-0.39, 0.29) is 0 Å². The van der Waals surface area contributed by atoms with Crippen LogP contribution in [0.4, 0.5) is 0 Å². The van der Waals surface area contributed by atoms with Crippen molar-refractivity contribution in [1.82, 2.24) is 4.57 Å². The Labute approximate surface area is 300 Å². The van der Waals surface area contributed by atoms with Crippen LogP contribution in [0.2, 0.25) is 0 Å². The standard InChI is InChI=1S/C50H39N/c1-3-13-34(14-4-1)36-25-28-42(29-26-36)51-47-24-10-9-23-45(47)50-48(51)30-27-41-33-46(43-21-7-8-22-44(43)49(41)50)40-20-12-19-39(32-40)38-18-11-17-37(31-38)35-15-5-2-6-16-35/h1-6,8-19,22-33,40-41,49H,7,20-21H2. The van der Waals surface area contributed by atoms with Crippen LogP contribution in [0.15, 0.2) is 193 Å². The van der Waals surface area contributed by atoms with Gasteiger partial charge >= 0.3 is 0 Å². The molecule has 4 aliphatic rings. The van der Waals surface area contributed by atoms with Crippen LogP contribution in [0.1, 0.15) is 42.0 Å². The number of hydrogen-bond donors (Lipinski definition) is 0. The fourth-order valence-corrected chi connectivity index (χ4v) is 9.05. The monoisotopic (exact) mass is 653 g/mol. The Morgan fingerprint density at radius 1 is 0.569 bits per heavy atom. The highest BCUT2D eigenvalue weighted by atomic mass is 15.0. The molecular formula is C50H39N. The molecule has 5 aromatic carbocycles. The highest BCUT2D eigenvalue weighted by Gasteiger charge is 2.38. The molecule has 51 heavy (non-hydrogen) atoms. The maximum Gasteiger partial charge on any atom is 0.0537 e. The van der Waals surface area contributed by atoms with E-state index in [4.69, 9.17) is 0 Å². The van der Waals surface area contributed by atoms with Crippen LogP contribution in [0.5, 0.6) is 0 Å². The zero-order chi connectivity index (χ0) is 33.7. The molecule has 1 nitrogen and oxygen atoms in total. The Balaban J connectivity index is 1.05. The maximum atomic E-state index is 2.64. The van der Waals surface area contributed by atoms with Crippen molar-refractivity contribution in [3.8, 4) is 27.9 Å². The fraction of sp³-hybridized carbons (Fsp3) is 0.120. The van der Waals surface area contributed by atoms with Gasteiger partial charge < -0.3 is 4.57 Å². The molecule has 3 unspecified atom stereocenters. The lowest BCUT2D eigenvalue weighted by atomic mass is 9.65. The Morgan fingerprint density at radius 3 is 2.10 bits per heavy atom. The SMILES string of the molecule is C1=CC2=C(CC1)C(C1C=C(c3cccc(-c4ccccc4)c3)C=CC1)=CC1C=Cc3c(c4ccccc4n3-c3ccc(-c4ccccc4)cc3)C21. The molecular weight excluding hydrogens is 615 g/mol. The molecule has 0 saturated heterocycles. The summed E-state index contributed by atoms with van der Waals surface area (Å²) in [5.41, 5.74) is 17.5. The number of allylic oxidation sites excluding steroid dienone is 11. The van der Waals surface area contributed by atoms with Crippen molar-refractivity contribution >= 4 is 22.6 Å². The second-order valence-corrected chi connectivity index (χ2v) is 14.3. The number of hydrogen-bond acceptors (Lipinski definition) is 0. The Bertz CT molecular complexity index is 2480. The molecule has 0 aliphatic heterocycles. The van der Waals surface area contributed by atoms with Gasteiger partial charge in [0.2, 0.25) is 0 Å². The van der Waals surface area contributed by atoms with Gasteiger partial charge in [-0.15, -0.1) is 0 Å². The third-order valence-corrected chi connectivity index (χ3v) is 11.4. The van der Waals surface area contributed by atoms with E-state index in [0.717, 1.165) is 19.3 Å². The van der Waals surface area contributed by atoms with E-state index in [1.165, 1.54) is 72.4 Å². The predicted octanol–water partition coefficient (Wildman–Crippen LogP) is 12.9. The van der Waals surface area contributed by atoms with Gasteiger partial charge in [-0.2, -0.15) is 0 Å². The van der Waals surface area contributed by atoms with E-state index in [0.29, 0.717) is 17.8 Å². The van der Waals surface area contributed by atoms with Crippen LogP contribution in [0.3, 0.4) is 0 Å². The lowest BCUT2D eigenvalue weighted by molar-refractivity contribution is 0.618. The minimum Gasteiger partial charge on any atom is -0.310 e. The Morgan fingerprint density at radius 2 is 1.27 bits per heavy atom. The third-order valence-electron chi connectivity index (χ3n) is 11.4. The number of fused-ring (bicyclic) bond motifs is 6. The first-order chi connectivity index (χ1) is 25.3. The molecule has 0 spiro atoms. The topological polar surface area (TPSA) is 4.93 Å². The molecule has 244 valence electrons. The van der Waals surface area contributed by atoms with Crippen LogP contribution in [-0.4, -0.2) is 4.57 Å². The van der Waals surface area contributed by atoms with E-state index < -0.39 is 0 Å². The van der Waals surface area contributed by atoms with Crippen LogP contribution < -0.4 is 0 Å². The van der Waals surface area contributed by atoms with Crippen molar-refractivity contribution in [2.75, 3.05) is 0 Å². The average Bonchev–Trinajstić information content (AvgIpc) is 3.56. The van der Waals surface area contributed by atoms with Crippen LogP contribution in [0.25, 0.3) is 50.5 Å². The second-order valence-electron chi connectivity index (χ2n) is 14.3. The van der Waals surface area contributed by atoms with Crippen LogP contribution in [-0.2, 0) is 0 Å². The van der Waals surface area contributed by atoms with Gasteiger partial charge in [0.1, 0.15) is 0 Å². The van der Waals surface area contributed by atoms with Gasteiger partial charge in [0.25, 0.3) is 0 Å². The van der Waals surface area contributed by atoms with Crippen LogP contribution >= 0.6 is 0 Å². The summed E-state index contributed by atoms with van der Waals surface area (Å²) in [7, 11) is 0. The van der Waals surface area contributed by atoms with Crippen molar-refractivity contribution in [2.45, 2.75) is 25.2 Å². The maximum absolute atomic E-state index is 2.64. The van der Waals surface area contributed by atoms with Crippen molar-refractivity contribution in [1.29, 1.82) is 0 Å². The summed E-state index contributed by atoms with van der Waals surface area (Å²) in [5.74, 6) is 0.986. The van der Waals surface area contributed by atoms with Gasteiger partial charge in [-0.3, -0.25) is 0 Å². The van der Waals surface area contributed by atoms with Gasteiger partial charge in [-0.25, -0.2) is 0 Å². The summed E-state index contributed by atoms with van der Waals surface area (Å²) in [6, 6.07) is 48.6. The van der Waals surface area contributed by atoms with E-state index in [9.17, 15) is 0 Å². The molecule has 6 aromatic rings. The average molecular weight is 654 g/mol. The summed E-state index contributed by atoms with van der Waals surface area (Å²) in [4.78, 5) is 0. The van der Waals surface area contributed by atoms with Crippen molar-refractivity contribution < 1.29 is 0 Å². The predicted molar refractivity (Wildman–Crippen MR) is 215 cm³/mol. The van der Waals surface area contributed by atoms with Gasteiger partial charge in [0, 0.05) is 28.8 Å². The molecule has 0 radical (unpaired) electrons. The molecule has 0 bridgehead atoms. The number of nitrogens with zero attached hydrogens (tertiary/aromatic N) is 1. The van der Waals surface area contributed by atoms with Gasteiger partial charge in [-0.05, 0) is 105 Å². The van der Waals surface area contributed by atoms with Gasteiger partial charge in [0.05, 0.1) is 11.2 Å². The van der Waals surface area contributed by atoms with Gasteiger partial charge in [-0.1, -0.05) is 152 Å². The second kappa shape index (κ2) is 12.4. The molecule has 4 aliphatic carbocycles. The summed E-state index contributed by atoms with van der Waals surface area (Å²) in [6.07, 6.45) is 22.9. The Hall–Kier alpha value is -5.92. The van der Waals surface area contributed by atoms with Gasteiger partial charge in [0.15, 0.2) is 0 Å². The van der Waals surface area contributed by atoms with E-state index in [2.05, 4.69) is 187 Å². The highest BCUT2D eigenvalue weighted by Crippen LogP contribution is 2.53. The highest BCUT2D eigenvalue weighted by molar-refractivity contribution is 5.93. The smallest absolute Gasteiger partial charge is 0.0537 e. The number of rotatable bonds is 5. The first kappa shape index (κ1) is 29.9. The summed E-state index contributed by atoms with van der Waals surface area (Å²) in [5, 5.41) is 1.36. The van der Waals surface area contributed by atoms with Crippen LogP contribution in [0, 0.1) is 11.8 Å². The summed E-state index contributed by atoms with van der Waals surface area (Å²) >= 11 is 0. The molecule has 0 saturated carbocycles. The molecule has 0 fully saturated rings. The molecule has 3 atom stereocenters. The molecule has 1 heteroatoms. The fourth-order valence-electron chi connectivity index (χ4n) is 9.05. The molecule has 0 N–H and O–H groups in total. The van der Waals surface area contributed by atoms with Crippen molar-refractivity contribution in [3.63, 3.8) is 0 Å². The van der Waals surface area contributed by atoms with Crippen molar-refractivity contribution in [2.24, 2.45) is 11.8 Å². The van der Waals surface area contributed by atoms with Crippen molar-refractivity contribution in [3.05, 3.63) is 210 Å². The quantitative estimate of drug-likeness (QED) is 0.174. The first-order valence-corrected chi connectivity index (χ1v) is 18.4. The largest absolute Gasteiger partial charge is 0.310 e. The summed E-state index contributed by atoms with van der Waals surface area (Å²) < 4.78 is 2.49. The number of para-hydroxylation sites is 1. The zero-order valence-electron chi connectivity index (χ0n) is 28.6. The number of benzene rings is 5. The van der Waals surface area contributed by atoms with E-state index >= 15 is 0 Å². The normalized spacial score (nSPS) is 20.4. The molecule has 1 aromatic heterocycles. The lowest BCUT2D eigenvalue weighted by Gasteiger charge is -2.38.